The highest BCUT2D eigenvalue weighted by Crippen LogP contribution is 2.36. The predicted molar refractivity (Wildman–Crippen MR) is 79.4 cm³/mol. The summed E-state index contributed by atoms with van der Waals surface area (Å²) in [6, 6.07) is 4.29. The predicted octanol–water partition coefficient (Wildman–Crippen LogP) is 4.65. The van der Waals surface area contributed by atoms with E-state index in [-0.39, 0.29) is 0 Å². The van der Waals surface area contributed by atoms with E-state index in [9.17, 15) is 5.11 Å². The lowest BCUT2D eigenvalue weighted by Gasteiger charge is -2.22. The van der Waals surface area contributed by atoms with Gasteiger partial charge in [-0.05, 0) is 81.6 Å². The average molecular weight is 428 g/mol. The highest BCUT2D eigenvalue weighted by atomic mass is 127. The molecule has 1 saturated carbocycles. The van der Waals surface area contributed by atoms with Gasteiger partial charge in [-0.1, -0.05) is 19.3 Å². The second kappa shape index (κ2) is 5.21. The Morgan fingerprint density at radius 3 is 2.07 bits per heavy atom. The van der Waals surface area contributed by atoms with Gasteiger partial charge in [0.2, 0.25) is 0 Å². The normalized spacial score (nSPS) is 18.0. The molecule has 0 saturated heterocycles. The highest BCUT2D eigenvalue weighted by Gasteiger charge is 2.17. The fraction of sp³-hybridized carbons (Fsp3) is 0.500. The molecule has 2 rings (SSSR count). The van der Waals surface area contributed by atoms with E-state index >= 15 is 0 Å². The van der Waals surface area contributed by atoms with Crippen molar-refractivity contribution in [2.24, 2.45) is 0 Å². The van der Waals surface area contributed by atoms with E-state index in [1.165, 1.54) is 37.7 Å². The van der Waals surface area contributed by atoms with Crippen LogP contribution in [-0.4, -0.2) is 5.11 Å². The number of aromatic hydroxyl groups is 1. The Morgan fingerprint density at radius 2 is 1.53 bits per heavy atom. The summed E-state index contributed by atoms with van der Waals surface area (Å²) >= 11 is 4.43. The van der Waals surface area contributed by atoms with Gasteiger partial charge in [-0.2, -0.15) is 0 Å². The van der Waals surface area contributed by atoms with Crippen molar-refractivity contribution in [2.45, 2.75) is 38.0 Å². The molecule has 1 aliphatic rings. The van der Waals surface area contributed by atoms with Crippen LogP contribution in [0.15, 0.2) is 12.1 Å². The third kappa shape index (κ3) is 2.78. The van der Waals surface area contributed by atoms with Crippen LogP contribution < -0.4 is 0 Å². The van der Waals surface area contributed by atoms with Crippen molar-refractivity contribution in [2.75, 3.05) is 0 Å². The standard InChI is InChI=1S/C12H14I2O/c13-10-6-9(7-11(14)12(10)15)8-4-2-1-3-5-8/h6-8,15H,1-5H2. The summed E-state index contributed by atoms with van der Waals surface area (Å²) < 4.78 is 1.97. The molecule has 0 amide bonds. The molecule has 15 heavy (non-hydrogen) atoms. The van der Waals surface area contributed by atoms with Crippen LogP contribution in [0.1, 0.15) is 43.6 Å². The van der Waals surface area contributed by atoms with Gasteiger partial charge in [0.15, 0.2) is 0 Å². The molecule has 0 radical (unpaired) electrons. The van der Waals surface area contributed by atoms with Gasteiger partial charge in [-0.15, -0.1) is 0 Å². The molecule has 0 spiro atoms. The third-order valence-corrected chi connectivity index (χ3v) is 4.76. The number of rotatable bonds is 1. The van der Waals surface area contributed by atoms with E-state index in [1.54, 1.807) is 0 Å². The molecule has 1 nitrogen and oxygen atoms in total. The largest absolute Gasteiger partial charge is 0.506 e. The molecule has 0 atom stereocenters. The van der Waals surface area contributed by atoms with E-state index in [1.807, 2.05) is 0 Å². The summed E-state index contributed by atoms with van der Waals surface area (Å²) in [5, 5.41) is 9.71. The molecule has 3 heteroatoms. The molecule has 0 heterocycles. The van der Waals surface area contributed by atoms with Crippen LogP contribution in [0.25, 0.3) is 0 Å². The van der Waals surface area contributed by atoms with Crippen LogP contribution >= 0.6 is 45.2 Å². The molecule has 0 aliphatic heterocycles. The molecule has 1 N–H and O–H groups in total. The zero-order chi connectivity index (χ0) is 10.8. The lowest BCUT2D eigenvalue weighted by molar-refractivity contribution is 0.440. The van der Waals surface area contributed by atoms with E-state index in [2.05, 4.69) is 57.3 Å². The highest BCUT2D eigenvalue weighted by molar-refractivity contribution is 14.1. The Hall–Kier alpha value is 0.480. The van der Waals surface area contributed by atoms with E-state index in [0.717, 1.165) is 13.1 Å². The van der Waals surface area contributed by atoms with Crippen LogP contribution in [0.5, 0.6) is 5.75 Å². The van der Waals surface area contributed by atoms with Crippen molar-refractivity contribution in [3.63, 3.8) is 0 Å². The van der Waals surface area contributed by atoms with Gasteiger partial charge in [0.25, 0.3) is 0 Å². The van der Waals surface area contributed by atoms with Gasteiger partial charge < -0.3 is 5.11 Å². The Morgan fingerprint density at radius 1 is 1.00 bits per heavy atom. The van der Waals surface area contributed by atoms with Gasteiger partial charge >= 0.3 is 0 Å². The van der Waals surface area contributed by atoms with Gasteiger partial charge in [-0.25, -0.2) is 0 Å². The zero-order valence-corrected chi connectivity index (χ0v) is 12.8. The van der Waals surface area contributed by atoms with E-state index < -0.39 is 0 Å². The smallest absolute Gasteiger partial charge is 0.142 e. The molecule has 0 unspecified atom stereocenters. The number of phenolic OH excluding ortho intramolecular Hbond substituents is 1. The van der Waals surface area contributed by atoms with Crippen LogP contribution in [0.3, 0.4) is 0 Å². The van der Waals surface area contributed by atoms with E-state index in [0.29, 0.717) is 5.75 Å². The molecule has 0 bridgehead atoms. The fourth-order valence-corrected chi connectivity index (χ4v) is 4.07. The van der Waals surface area contributed by atoms with Crippen LogP contribution in [0.4, 0.5) is 0 Å². The summed E-state index contributed by atoms with van der Waals surface area (Å²) in [5.74, 6) is 1.16. The van der Waals surface area contributed by atoms with Crippen molar-refractivity contribution >= 4 is 45.2 Å². The van der Waals surface area contributed by atoms with Gasteiger partial charge in [0.1, 0.15) is 5.75 Å². The first-order valence-corrected chi connectivity index (χ1v) is 7.52. The number of hydrogen-bond donors (Lipinski definition) is 1. The fourth-order valence-electron chi connectivity index (χ4n) is 2.26. The monoisotopic (exact) mass is 428 g/mol. The number of benzene rings is 1. The second-order valence-corrected chi connectivity index (χ2v) is 6.49. The summed E-state index contributed by atoms with van der Waals surface area (Å²) in [4.78, 5) is 0. The maximum absolute atomic E-state index is 9.71. The minimum absolute atomic E-state index is 0.441. The van der Waals surface area contributed by atoms with Gasteiger partial charge in [0, 0.05) is 0 Å². The van der Waals surface area contributed by atoms with Crippen LogP contribution in [-0.2, 0) is 0 Å². The van der Waals surface area contributed by atoms with Crippen molar-refractivity contribution in [1.82, 2.24) is 0 Å². The first-order chi connectivity index (χ1) is 7.18. The van der Waals surface area contributed by atoms with Crippen molar-refractivity contribution < 1.29 is 5.11 Å². The second-order valence-electron chi connectivity index (χ2n) is 4.17. The number of phenols is 1. The SMILES string of the molecule is Oc1c(I)cc(C2CCCCC2)cc1I. The minimum atomic E-state index is 0.441. The zero-order valence-electron chi connectivity index (χ0n) is 8.47. The van der Waals surface area contributed by atoms with Crippen LogP contribution in [0.2, 0.25) is 0 Å². The molecule has 82 valence electrons. The molecule has 1 aromatic rings. The third-order valence-electron chi connectivity index (χ3n) is 3.12. The number of halogens is 2. The Labute approximate surface area is 118 Å². The van der Waals surface area contributed by atoms with Gasteiger partial charge in [0.05, 0.1) is 7.14 Å². The summed E-state index contributed by atoms with van der Waals surface area (Å²) in [5.41, 5.74) is 1.42. The maximum atomic E-state index is 9.71. The molecular weight excluding hydrogens is 414 g/mol. The van der Waals surface area contributed by atoms with Gasteiger partial charge in [-0.3, -0.25) is 0 Å². The molecular formula is C12H14I2O. The quantitative estimate of drug-likeness (QED) is 0.647. The Balaban J connectivity index is 2.27. The van der Waals surface area contributed by atoms with E-state index in [4.69, 9.17) is 0 Å². The first-order valence-electron chi connectivity index (χ1n) is 5.36. The topological polar surface area (TPSA) is 20.2 Å². The summed E-state index contributed by atoms with van der Waals surface area (Å²) in [7, 11) is 0. The first kappa shape index (κ1) is 12.0. The molecule has 0 aromatic heterocycles. The lowest BCUT2D eigenvalue weighted by Crippen LogP contribution is -2.05. The number of hydrogen-bond acceptors (Lipinski definition) is 1. The maximum Gasteiger partial charge on any atom is 0.142 e. The summed E-state index contributed by atoms with van der Waals surface area (Å²) in [6.07, 6.45) is 6.74. The van der Waals surface area contributed by atoms with Crippen molar-refractivity contribution in [1.29, 1.82) is 0 Å². The molecule has 1 aliphatic carbocycles. The molecule has 1 fully saturated rings. The summed E-state index contributed by atoms with van der Waals surface area (Å²) in [6.45, 7) is 0. The van der Waals surface area contributed by atoms with Crippen molar-refractivity contribution in [3.05, 3.63) is 24.8 Å². The Bertz CT molecular complexity index is 334. The minimum Gasteiger partial charge on any atom is -0.506 e. The Kier molecular flexibility index (Phi) is 4.15. The van der Waals surface area contributed by atoms with Crippen molar-refractivity contribution in [3.8, 4) is 5.75 Å². The van der Waals surface area contributed by atoms with Crippen LogP contribution in [0, 0.1) is 7.14 Å². The molecule has 1 aromatic carbocycles. The lowest BCUT2D eigenvalue weighted by atomic mass is 9.84. The average Bonchev–Trinajstić information content (AvgIpc) is 2.26.